The van der Waals surface area contributed by atoms with Crippen molar-refractivity contribution in [3.8, 4) is 0 Å². The Kier molecular flexibility index (Phi) is 3.55. The predicted molar refractivity (Wildman–Crippen MR) is 85.5 cm³/mol. The molecule has 3 aliphatic rings. The molecule has 2 saturated heterocycles. The summed E-state index contributed by atoms with van der Waals surface area (Å²) in [4.78, 5) is 2.43. The summed E-state index contributed by atoms with van der Waals surface area (Å²) in [6.07, 6.45) is 3.99. The van der Waals surface area contributed by atoms with Crippen LogP contribution >= 0.6 is 0 Å². The summed E-state index contributed by atoms with van der Waals surface area (Å²) >= 11 is 0. The lowest BCUT2D eigenvalue weighted by Crippen LogP contribution is -2.75. The third kappa shape index (κ3) is 1.92. The van der Waals surface area contributed by atoms with Gasteiger partial charge in [-0.25, -0.2) is 8.42 Å². The van der Waals surface area contributed by atoms with E-state index in [4.69, 9.17) is 4.74 Å². The number of fused-ring (bicyclic) bond motifs is 1. The molecule has 0 N–H and O–H groups in total. The molecule has 0 bridgehead atoms. The fourth-order valence-corrected chi connectivity index (χ4v) is 7.99. The van der Waals surface area contributed by atoms with Crippen LogP contribution in [0.2, 0.25) is 0 Å². The minimum atomic E-state index is -3.07. The fourth-order valence-electron chi connectivity index (χ4n) is 4.89. The van der Waals surface area contributed by atoms with Crippen LogP contribution in [0.5, 0.6) is 0 Å². The average molecular weight is 321 g/mol. The Balaban J connectivity index is 1.79. The van der Waals surface area contributed by atoms with Crippen LogP contribution in [-0.4, -0.2) is 50.4 Å². The first-order chi connectivity index (χ1) is 10.7. The van der Waals surface area contributed by atoms with E-state index in [1.807, 2.05) is 30.3 Å². The van der Waals surface area contributed by atoms with E-state index in [1.54, 1.807) is 0 Å². The predicted octanol–water partition coefficient (Wildman–Crippen LogP) is 2.17. The maximum atomic E-state index is 13.0. The Labute approximate surface area is 132 Å². The molecule has 22 heavy (non-hydrogen) atoms. The Morgan fingerprint density at radius 2 is 1.82 bits per heavy atom. The minimum Gasteiger partial charge on any atom is -0.379 e. The number of hydrogen-bond donors (Lipinski definition) is 0. The molecule has 1 aromatic rings. The van der Waals surface area contributed by atoms with Gasteiger partial charge < -0.3 is 4.74 Å². The molecule has 1 aliphatic carbocycles. The van der Waals surface area contributed by atoms with Crippen LogP contribution in [-0.2, 0) is 14.6 Å². The monoisotopic (exact) mass is 321 g/mol. The molecule has 1 aromatic carbocycles. The number of rotatable bonds is 2. The molecule has 120 valence electrons. The number of nitrogens with zero attached hydrogens (tertiary/aromatic N) is 1. The van der Waals surface area contributed by atoms with Gasteiger partial charge in [-0.1, -0.05) is 43.2 Å². The van der Waals surface area contributed by atoms with Crippen molar-refractivity contribution in [1.82, 2.24) is 4.90 Å². The highest BCUT2D eigenvalue weighted by molar-refractivity contribution is 7.94. The molecule has 0 spiro atoms. The number of sulfone groups is 1. The summed E-state index contributed by atoms with van der Waals surface area (Å²) in [6, 6.07) is 9.82. The molecule has 3 fully saturated rings. The van der Waals surface area contributed by atoms with Crippen LogP contribution in [0.3, 0.4) is 0 Å². The quantitative estimate of drug-likeness (QED) is 0.837. The summed E-state index contributed by atoms with van der Waals surface area (Å²) in [6.45, 7) is 3.15. The van der Waals surface area contributed by atoms with E-state index in [-0.39, 0.29) is 16.0 Å². The molecule has 0 unspecified atom stereocenters. The summed E-state index contributed by atoms with van der Waals surface area (Å²) in [5.74, 6) is 0. The van der Waals surface area contributed by atoms with Crippen LogP contribution in [0.4, 0.5) is 0 Å². The van der Waals surface area contributed by atoms with Crippen molar-refractivity contribution in [2.24, 2.45) is 0 Å². The molecule has 4 nitrogen and oxygen atoms in total. The first kappa shape index (κ1) is 14.7. The first-order valence-electron chi connectivity index (χ1n) is 8.28. The van der Waals surface area contributed by atoms with E-state index in [1.165, 1.54) is 0 Å². The van der Waals surface area contributed by atoms with E-state index < -0.39 is 9.84 Å². The highest BCUT2D eigenvalue weighted by Crippen LogP contribution is 2.59. The van der Waals surface area contributed by atoms with Crippen molar-refractivity contribution in [2.45, 2.75) is 41.7 Å². The Bertz CT molecular complexity index is 639. The third-order valence-electron chi connectivity index (χ3n) is 5.73. The van der Waals surface area contributed by atoms with E-state index >= 15 is 0 Å². The zero-order valence-electron chi connectivity index (χ0n) is 12.8. The van der Waals surface area contributed by atoms with E-state index in [0.29, 0.717) is 0 Å². The summed E-state index contributed by atoms with van der Waals surface area (Å²) in [7, 11) is -3.07. The maximum absolute atomic E-state index is 13.0. The van der Waals surface area contributed by atoms with Crippen LogP contribution in [0, 0.1) is 0 Å². The Morgan fingerprint density at radius 1 is 1.09 bits per heavy atom. The largest absolute Gasteiger partial charge is 0.379 e. The standard InChI is InChI=1S/C17H23NO3S/c19-22(20)15-8-4-5-9-17(15,18-10-12-21-13-11-18)16(22)14-6-2-1-3-7-14/h1-3,6-7,15-16H,4-5,8-13H2/t15-,16-,17-/m0/s1. The number of ether oxygens (including phenoxy) is 1. The van der Waals surface area contributed by atoms with Gasteiger partial charge in [-0.2, -0.15) is 0 Å². The molecule has 2 aliphatic heterocycles. The molecule has 1 saturated carbocycles. The second-order valence-corrected chi connectivity index (χ2v) is 8.92. The van der Waals surface area contributed by atoms with Crippen molar-refractivity contribution in [2.75, 3.05) is 26.3 Å². The molecule has 5 heteroatoms. The van der Waals surface area contributed by atoms with Crippen LogP contribution in [0.25, 0.3) is 0 Å². The molecular weight excluding hydrogens is 298 g/mol. The van der Waals surface area contributed by atoms with Gasteiger partial charge in [0.2, 0.25) is 0 Å². The van der Waals surface area contributed by atoms with Crippen molar-refractivity contribution in [3.63, 3.8) is 0 Å². The van der Waals surface area contributed by atoms with Gasteiger partial charge in [-0.3, -0.25) is 4.90 Å². The van der Waals surface area contributed by atoms with E-state index in [9.17, 15) is 8.42 Å². The van der Waals surface area contributed by atoms with Gasteiger partial charge in [0.05, 0.1) is 24.0 Å². The van der Waals surface area contributed by atoms with E-state index in [0.717, 1.165) is 57.6 Å². The highest BCUT2D eigenvalue weighted by Gasteiger charge is 2.69. The Hall–Kier alpha value is -0.910. The lowest BCUT2D eigenvalue weighted by Gasteiger charge is -2.63. The lowest BCUT2D eigenvalue weighted by atomic mass is 9.73. The van der Waals surface area contributed by atoms with Gasteiger partial charge in [0.1, 0.15) is 5.25 Å². The van der Waals surface area contributed by atoms with Crippen molar-refractivity contribution in [3.05, 3.63) is 35.9 Å². The van der Waals surface area contributed by atoms with Crippen molar-refractivity contribution in [1.29, 1.82) is 0 Å². The average Bonchev–Trinajstić information content (AvgIpc) is 2.56. The van der Waals surface area contributed by atoms with Gasteiger partial charge in [0.25, 0.3) is 0 Å². The van der Waals surface area contributed by atoms with Crippen LogP contribution in [0.15, 0.2) is 30.3 Å². The number of hydrogen-bond acceptors (Lipinski definition) is 4. The Morgan fingerprint density at radius 3 is 2.55 bits per heavy atom. The molecule has 0 aromatic heterocycles. The summed E-state index contributed by atoms with van der Waals surface area (Å²) < 4.78 is 31.4. The topological polar surface area (TPSA) is 46.6 Å². The molecule has 2 heterocycles. The fraction of sp³-hybridized carbons (Fsp3) is 0.647. The molecular formula is C17H23NO3S. The van der Waals surface area contributed by atoms with Gasteiger partial charge in [0, 0.05) is 13.1 Å². The van der Waals surface area contributed by atoms with Crippen LogP contribution in [0.1, 0.15) is 36.5 Å². The second kappa shape index (κ2) is 5.32. The van der Waals surface area contributed by atoms with Gasteiger partial charge in [-0.05, 0) is 18.4 Å². The smallest absolute Gasteiger partial charge is 0.163 e. The molecule has 3 atom stereocenters. The summed E-state index contributed by atoms with van der Waals surface area (Å²) in [5.41, 5.74) is 0.773. The van der Waals surface area contributed by atoms with Gasteiger partial charge in [0.15, 0.2) is 9.84 Å². The minimum absolute atomic E-state index is 0.183. The normalized spacial score (nSPS) is 38.0. The molecule has 0 radical (unpaired) electrons. The maximum Gasteiger partial charge on any atom is 0.163 e. The zero-order chi connectivity index (χ0) is 15.2. The third-order valence-corrected chi connectivity index (χ3v) is 8.51. The van der Waals surface area contributed by atoms with Crippen molar-refractivity contribution < 1.29 is 13.2 Å². The summed E-state index contributed by atoms with van der Waals surface area (Å²) in [5, 5.41) is -0.540. The highest BCUT2D eigenvalue weighted by atomic mass is 32.2. The van der Waals surface area contributed by atoms with Gasteiger partial charge in [-0.15, -0.1) is 0 Å². The second-order valence-electron chi connectivity index (χ2n) is 6.70. The number of morpholine rings is 1. The lowest BCUT2D eigenvalue weighted by molar-refractivity contribution is -0.0483. The molecule has 0 amide bonds. The van der Waals surface area contributed by atoms with Crippen molar-refractivity contribution >= 4 is 9.84 Å². The number of benzene rings is 1. The van der Waals surface area contributed by atoms with E-state index in [2.05, 4.69) is 4.90 Å². The van der Waals surface area contributed by atoms with Crippen LogP contribution < -0.4 is 0 Å². The first-order valence-corrected chi connectivity index (χ1v) is 9.89. The molecule has 4 rings (SSSR count). The SMILES string of the molecule is O=S1(=O)[C@H]2CCCC[C@@]2(N2CCOCC2)[C@@H]1c1ccccc1. The van der Waals surface area contributed by atoms with Gasteiger partial charge >= 0.3 is 0 Å². The zero-order valence-corrected chi connectivity index (χ0v) is 13.6.